The number of amides is 1. The van der Waals surface area contributed by atoms with E-state index < -0.39 is 0 Å². The molecule has 1 aromatic carbocycles. The highest BCUT2D eigenvalue weighted by Crippen LogP contribution is 2.38. The van der Waals surface area contributed by atoms with Crippen LogP contribution in [0.15, 0.2) is 48.8 Å². The number of thiophene rings is 1. The highest BCUT2D eigenvalue weighted by atomic mass is 32.1. The van der Waals surface area contributed by atoms with Crippen LogP contribution in [0.25, 0.3) is 10.2 Å². The average Bonchev–Trinajstić information content (AvgIpc) is 3.21. The minimum absolute atomic E-state index is 0.0856. The van der Waals surface area contributed by atoms with Crippen molar-refractivity contribution in [3.05, 3.63) is 64.8 Å². The van der Waals surface area contributed by atoms with Crippen LogP contribution < -0.4 is 5.32 Å². The van der Waals surface area contributed by atoms with Gasteiger partial charge >= 0.3 is 0 Å². The molecule has 1 aliphatic heterocycles. The normalized spacial score (nSPS) is 14.8. The predicted molar refractivity (Wildman–Crippen MR) is 132 cm³/mol. The van der Waals surface area contributed by atoms with Crippen molar-refractivity contribution in [1.29, 1.82) is 0 Å². The number of nitrogens with one attached hydrogen (secondary N) is 1. The van der Waals surface area contributed by atoms with Crippen molar-refractivity contribution in [3.63, 3.8) is 0 Å². The lowest BCUT2D eigenvalue weighted by molar-refractivity contribution is -0.126. The zero-order chi connectivity index (χ0) is 22.5. The first-order chi connectivity index (χ1) is 15.6. The number of benzene rings is 1. The molecule has 0 radical (unpaired) electrons. The molecule has 32 heavy (non-hydrogen) atoms. The standard InChI is InChI=1S/C25H31N5OS/c1-4-29(5-2)14-9-12-22(31)30-15-13-20-21(16-30)32-25-23(20)24(26-17-27-25)28-18(3)19-10-7-6-8-11-19/h6-12,17-18H,4-5,13-16H2,1-3H3,(H,26,27,28)/b12-9+/t18-/m0/s1. The molecule has 0 bridgehead atoms. The molecular weight excluding hydrogens is 418 g/mol. The Morgan fingerprint density at radius 2 is 2.03 bits per heavy atom. The van der Waals surface area contributed by atoms with Gasteiger partial charge in [0.05, 0.1) is 11.9 Å². The quantitative estimate of drug-likeness (QED) is 0.508. The summed E-state index contributed by atoms with van der Waals surface area (Å²) in [5.41, 5.74) is 2.50. The lowest BCUT2D eigenvalue weighted by Crippen LogP contribution is -2.34. The third kappa shape index (κ3) is 4.84. The minimum Gasteiger partial charge on any atom is -0.363 e. The Hall–Kier alpha value is -2.77. The fourth-order valence-corrected chi connectivity index (χ4v) is 5.35. The number of hydrogen-bond donors (Lipinski definition) is 1. The van der Waals surface area contributed by atoms with Gasteiger partial charge in [0.1, 0.15) is 17.0 Å². The molecule has 168 valence electrons. The molecule has 3 heterocycles. The van der Waals surface area contributed by atoms with Crippen LogP contribution in [0.5, 0.6) is 0 Å². The lowest BCUT2D eigenvalue weighted by atomic mass is 10.0. The molecule has 4 rings (SSSR count). The van der Waals surface area contributed by atoms with Gasteiger partial charge in [-0.2, -0.15) is 0 Å². The maximum Gasteiger partial charge on any atom is 0.246 e. The summed E-state index contributed by atoms with van der Waals surface area (Å²) >= 11 is 1.68. The van der Waals surface area contributed by atoms with Crippen molar-refractivity contribution in [2.24, 2.45) is 0 Å². The number of anilines is 1. The molecule has 0 spiro atoms. The zero-order valence-corrected chi connectivity index (χ0v) is 19.9. The summed E-state index contributed by atoms with van der Waals surface area (Å²) in [5.74, 6) is 0.963. The molecule has 7 heteroatoms. The number of nitrogens with zero attached hydrogens (tertiary/aromatic N) is 4. The van der Waals surface area contributed by atoms with E-state index in [2.05, 4.69) is 65.2 Å². The number of hydrogen-bond acceptors (Lipinski definition) is 6. The van der Waals surface area contributed by atoms with E-state index in [0.29, 0.717) is 6.54 Å². The first-order valence-corrected chi connectivity index (χ1v) is 12.2. The zero-order valence-electron chi connectivity index (χ0n) is 19.0. The first-order valence-electron chi connectivity index (χ1n) is 11.3. The van der Waals surface area contributed by atoms with Gasteiger partial charge in [-0.1, -0.05) is 50.3 Å². The summed E-state index contributed by atoms with van der Waals surface area (Å²) in [6, 6.07) is 10.5. The summed E-state index contributed by atoms with van der Waals surface area (Å²) in [6.07, 6.45) is 6.16. The lowest BCUT2D eigenvalue weighted by Gasteiger charge is -2.26. The molecule has 0 unspecified atom stereocenters. The van der Waals surface area contributed by atoms with Crippen LogP contribution >= 0.6 is 11.3 Å². The molecule has 2 aromatic heterocycles. The molecule has 1 aliphatic rings. The van der Waals surface area contributed by atoms with Crippen LogP contribution in [0, 0.1) is 0 Å². The van der Waals surface area contributed by atoms with Gasteiger partial charge in [0.25, 0.3) is 0 Å². The molecule has 0 aliphatic carbocycles. The summed E-state index contributed by atoms with van der Waals surface area (Å²) in [6.45, 7) is 10.6. The van der Waals surface area contributed by atoms with Crippen LogP contribution in [-0.2, 0) is 17.8 Å². The van der Waals surface area contributed by atoms with Gasteiger partial charge in [-0.25, -0.2) is 9.97 Å². The Morgan fingerprint density at radius 1 is 1.25 bits per heavy atom. The fourth-order valence-electron chi connectivity index (χ4n) is 4.15. The number of rotatable bonds is 8. The van der Waals surface area contributed by atoms with E-state index >= 15 is 0 Å². The van der Waals surface area contributed by atoms with E-state index in [1.54, 1.807) is 23.7 Å². The van der Waals surface area contributed by atoms with Crippen LogP contribution in [0.1, 0.15) is 42.8 Å². The third-order valence-corrected chi connectivity index (χ3v) is 7.24. The van der Waals surface area contributed by atoms with E-state index in [0.717, 1.165) is 48.6 Å². The van der Waals surface area contributed by atoms with E-state index in [9.17, 15) is 4.79 Å². The molecular formula is C25H31N5OS. The second-order valence-corrected chi connectivity index (χ2v) is 9.16. The number of carbonyl (C=O) groups is 1. The highest BCUT2D eigenvalue weighted by Gasteiger charge is 2.25. The van der Waals surface area contributed by atoms with Gasteiger partial charge in [-0.3, -0.25) is 4.79 Å². The maximum absolute atomic E-state index is 12.7. The molecule has 6 nitrogen and oxygen atoms in total. The first kappa shape index (κ1) is 22.4. The Balaban J connectivity index is 1.51. The molecule has 0 saturated heterocycles. The van der Waals surface area contributed by atoms with Gasteiger partial charge in [0.15, 0.2) is 0 Å². The maximum atomic E-state index is 12.7. The highest BCUT2D eigenvalue weighted by molar-refractivity contribution is 7.19. The Labute approximate surface area is 194 Å². The largest absolute Gasteiger partial charge is 0.363 e. The summed E-state index contributed by atoms with van der Waals surface area (Å²) in [7, 11) is 0. The molecule has 1 N–H and O–H groups in total. The van der Waals surface area contributed by atoms with Crippen molar-refractivity contribution in [2.45, 2.75) is 39.8 Å². The molecule has 0 saturated carbocycles. The fraction of sp³-hybridized carbons (Fsp3) is 0.400. The Bertz CT molecular complexity index is 1090. The summed E-state index contributed by atoms with van der Waals surface area (Å²) in [4.78, 5) is 28.3. The molecule has 1 amide bonds. The SMILES string of the molecule is CCN(CC)C/C=C/C(=O)N1CCc2c(sc3ncnc(N[C@@H](C)c4ccccc4)c23)C1. The van der Waals surface area contributed by atoms with E-state index in [4.69, 9.17) is 0 Å². The molecule has 1 atom stereocenters. The van der Waals surface area contributed by atoms with E-state index in [1.165, 1.54) is 16.0 Å². The molecule has 3 aromatic rings. The number of carbonyl (C=O) groups excluding carboxylic acids is 1. The van der Waals surface area contributed by atoms with Gasteiger partial charge in [0, 0.05) is 30.1 Å². The van der Waals surface area contributed by atoms with Crippen LogP contribution in [-0.4, -0.2) is 51.9 Å². The second kappa shape index (κ2) is 10.2. The van der Waals surface area contributed by atoms with Gasteiger partial charge in [-0.15, -0.1) is 11.3 Å². The Morgan fingerprint density at radius 3 is 2.78 bits per heavy atom. The van der Waals surface area contributed by atoms with E-state index in [-0.39, 0.29) is 11.9 Å². The van der Waals surface area contributed by atoms with Crippen molar-refractivity contribution in [1.82, 2.24) is 19.8 Å². The third-order valence-electron chi connectivity index (χ3n) is 6.12. The topological polar surface area (TPSA) is 61.4 Å². The van der Waals surface area contributed by atoms with E-state index in [1.807, 2.05) is 17.0 Å². The number of fused-ring (bicyclic) bond motifs is 3. The van der Waals surface area contributed by atoms with Crippen LogP contribution in [0.3, 0.4) is 0 Å². The van der Waals surface area contributed by atoms with Crippen molar-refractivity contribution in [2.75, 3.05) is 31.5 Å². The van der Waals surface area contributed by atoms with Crippen molar-refractivity contribution >= 4 is 33.3 Å². The monoisotopic (exact) mass is 449 g/mol. The second-order valence-electron chi connectivity index (χ2n) is 8.08. The van der Waals surface area contributed by atoms with Crippen molar-refractivity contribution in [3.8, 4) is 0 Å². The van der Waals surface area contributed by atoms with Gasteiger partial charge in [-0.05, 0) is 37.6 Å². The molecule has 0 fully saturated rings. The Kier molecular flexibility index (Phi) is 7.17. The average molecular weight is 450 g/mol. The van der Waals surface area contributed by atoms with Crippen LogP contribution in [0.4, 0.5) is 5.82 Å². The smallest absolute Gasteiger partial charge is 0.246 e. The predicted octanol–water partition coefficient (Wildman–Crippen LogP) is 4.65. The van der Waals surface area contributed by atoms with Gasteiger partial charge in [0.2, 0.25) is 5.91 Å². The van der Waals surface area contributed by atoms with Crippen molar-refractivity contribution < 1.29 is 4.79 Å². The van der Waals surface area contributed by atoms with Crippen LogP contribution in [0.2, 0.25) is 0 Å². The summed E-state index contributed by atoms with van der Waals surface area (Å²) < 4.78 is 0. The summed E-state index contributed by atoms with van der Waals surface area (Å²) in [5, 5.41) is 4.69. The minimum atomic E-state index is 0.0856. The number of aromatic nitrogens is 2. The number of likely N-dealkylation sites (N-methyl/N-ethyl adjacent to an activating group) is 1. The van der Waals surface area contributed by atoms with Gasteiger partial charge < -0.3 is 15.1 Å².